The highest BCUT2D eigenvalue weighted by Gasteiger charge is 2.32. The van der Waals surface area contributed by atoms with Crippen molar-refractivity contribution in [3.05, 3.63) is 46.8 Å². The molecule has 0 spiro atoms. The number of carbonyl (C=O) groups is 1. The Morgan fingerprint density at radius 3 is 2.53 bits per heavy atom. The molecule has 36 heavy (non-hydrogen) atoms. The van der Waals surface area contributed by atoms with Gasteiger partial charge in [-0.1, -0.05) is 0 Å². The molecule has 0 radical (unpaired) electrons. The Hall–Kier alpha value is -3.70. The van der Waals surface area contributed by atoms with Crippen LogP contribution in [0.5, 0.6) is 0 Å². The summed E-state index contributed by atoms with van der Waals surface area (Å²) in [4.78, 5) is 29.6. The fraction of sp³-hybridized carbons (Fsp3) is 0.417. The highest BCUT2D eigenvalue weighted by Crippen LogP contribution is 2.35. The number of nitrogens with one attached hydrogen (secondary N) is 1. The maximum atomic E-state index is 13.9. The Kier molecular flexibility index (Phi) is 6.63. The zero-order chi connectivity index (χ0) is 26.4. The number of anilines is 3. The molecule has 1 aliphatic rings. The van der Waals surface area contributed by atoms with Crippen molar-refractivity contribution in [1.82, 2.24) is 19.9 Å². The van der Waals surface area contributed by atoms with Gasteiger partial charge in [0.2, 0.25) is 0 Å². The van der Waals surface area contributed by atoms with Crippen LogP contribution in [-0.4, -0.2) is 59.1 Å². The topological polar surface area (TPSA) is 100 Å². The molecule has 3 N–H and O–H groups in total. The SMILES string of the molecule is Cc1nc(N[C@H](C)c2cc(N)cc(C(F)(F)F)c2)c2cc(C(=O)N(C)C)c(N3CCC(F)C3)nc2n1. The minimum Gasteiger partial charge on any atom is -0.399 e. The van der Waals surface area contributed by atoms with Crippen LogP contribution in [0.4, 0.5) is 34.9 Å². The molecule has 3 heterocycles. The molecule has 0 bridgehead atoms. The third-order valence-electron chi connectivity index (χ3n) is 6.00. The monoisotopic (exact) mass is 505 g/mol. The van der Waals surface area contributed by atoms with Crippen LogP contribution in [0.3, 0.4) is 0 Å². The highest BCUT2D eigenvalue weighted by atomic mass is 19.4. The minimum absolute atomic E-state index is 0.0147. The molecule has 1 fully saturated rings. The number of aromatic nitrogens is 3. The van der Waals surface area contributed by atoms with Crippen molar-refractivity contribution in [2.24, 2.45) is 0 Å². The van der Waals surface area contributed by atoms with Crippen LogP contribution < -0.4 is 16.0 Å². The quantitative estimate of drug-likeness (QED) is 0.393. The van der Waals surface area contributed by atoms with Crippen molar-refractivity contribution in [2.75, 3.05) is 43.1 Å². The van der Waals surface area contributed by atoms with Crippen LogP contribution in [0.15, 0.2) is 24.3 Å². The number of rotatable bonds is 5. The number of aryl methyl sites for hydroxylation is 1. The summed E-state index contributed by atoms with van der Waals surface area (Å²) in [5.41, 5.74) is 5.72. The van der Waals surface area contributed by atoms with Gasteiger partial charge in [-0.15, -0.1) is 0 Å². The largest absolute Gasteiger partial charge is 0.416 e. The van der Waals surface area contributed by atoms with Gasteiger partial charge in [-0.25, -0.2) is 19.3 Å². The maximum absolute atomic E-state index is 13.9. The van der Waals surface area contributed by atoms with Crippen molar-refractivity contribution in [3.8, 4) is 0 Å². The summed E-state index contributed by atoms with van der Waals surface area (Å²) in [6, 6.07) is 4.35. The Morgan fingerprint density at radius 1 is 1.19 bits per heavy atom. The smallest absolute Gasteiger partial charge is 0.399 e. The second kappa shape index (κ2) is 9.40. The molecule has 1 amide bonds. The van der Waals surface area contributed by atoms with Gasteiger partial charge in [-0.05, 0) is 50.1 Å². The van der Waals surface area contributed by atoms with E-state index in [0.717, 1.165) is 12.1 Å². The summed E-state index contributed by atoms with van der Waals surface area (Å²) in [6.45, 7) is 3.87. The Bertz CT molecular complexity index is 1310. The normalized spacial score (nSPS) is 16.9. The number of alkyl halides is 4. The number of hydrogen-bond donors (Lipinski definition) is 2. The van der Waals surface area contributed by atoms with E-state index in [1.54, 1.807) is 38.9 Å². The van der Waals surface area contributed by atoms with E-state index < -0.39 is 24.0 Å². The molecule has 3 aromatic rings. The molecule has 12 heteroatoms. The number of pyridine rings is 1. The fourth-order valence-electron chi connectivity index (χ4n) is 4.19. The Labute approximate surface area is 205 Å². The zero-order valence-corrected chi connectivity index (χ0v) is 20.3. The van der Waals surface area contributed by atoms with Crippen LogP contribution in [-0.2, 0) is 6.18 Å². The molecule has 2 atom stereocenters. The van der Waals surface area contributed by atoms with E-state index in [0.29, 0.717) is 41.4 Å². The van der Waals surface area contributed by atoms with Crippen molar-refractivity contribution < 1.29 is 22.4 Å². The molecular formula is C24H27F4N7O. The summed E-state index contributed by atoms with van der Waals surface area (Å²) in [6.07, 6.45) is -5.23. The molecule has 1 unspecified atom stereocenters. The zero-order valence-electron chi connectivity index (χ0n) is 20.3. The number of hydrogen-bond acceptors (Lipinski definition) is 7. The van der Waals surface area contributed by atoms with Crippen LogP contribution in [0.2, 0.25) is 0 Å². The molecule has 0 aliphatic carbocycles. The summed E-state index contributed by atoms with van der Waals surface area (Å²) < 4.78 is 53.9. The van der Waals surface area contributed by atoms with Gasteiger partial charge in [0.25, 0.3) is 5.91 Å². The van der Waals surface area contributed by atoms with Gasteiger partial charge in [-0.2, -0.15) is 13.2 Å². The van der Waals surface area contributed by atoms with Crippen LogP contribution in [0, 0.1) is 6.92 Å². The molecule has 1 aromatic carbocycles. The van der Waals surface area contributed by atoms with Gasteiger partial charge in [0.05, 0.1) is 29.1 Å². The lowest BCUT2D eigenvalue weighted by molar-refractivity contribution is -0.137. The molecule has 1 saturated heterocycles. The lowest BCUT2D eigenvalue weighted by atomic mass is 10.0. The van der Waals surface area contributed by atoms with Crippen LogP contribution >= 0.6 is 0 Å². The van der Waals surface area contributed by atoms with Crippen molar-refractivity contribution in [3.63, 3.8) is 0 Å². The molecule has 2 aromatic heterocycles. The molecule has 1 aliphatic heterocycles. The van der Waals surface area contributed by atoms with Gasteiger partial charge in [0.1, 0.15) is 23.6 Å². The average Bonchev–Trinajstić information content (AvgIpc) is 3.22. The molecule has 8 nitrogen and oxygen atoms in total. The number of benzene rings is 1. The lowest BCUT2D eigenvalue weighted by Crippen LogP contribution is -2.28. The maximum Gasteiger partial charge on any atom is 0.416 e. The summed E-state index contributed by atoms with van der Waals surface area (Å²) in [5, 5.41) is 3.54. The highest BCUT2D eigenvalue weighted by molar-refractivity contribution is 6.03. The van der Waals surface area contributed by atoms with E-state index in [1.807, 2.05) is 0 Å². The first-order valence-corrected chi connectivity index (χ1v) is 11.4. The standard InChI is InChI=1S/C24H27F4N7O/c1-12(14-7-15(24(26,27)28)9-17(29)8-14)30-20-18-10-19(23(36)34(3)4)22(35-6-5-16(25)11-35)33-21(18)32-13(2)31-20/h7-10,12,16H,5-6,11,29H2,1-4H3,(H,30,31,32,33)/t12-,16?/m1/s1. The lowest BCUT2D eigenvalue weighted by Gasteiger charge is -2.23. The van der Waals surface area contributed by atoms with E-state index in [-0.39, 0.29) is 29.3 Å². The van der Waals surface area contributed by atoms with E-state index in [2.05, 4.69) is 20.3 Å². The Balaban J connectivity index is 1.80. The van der Waals surface area contributed by atoms with E-state index in [4.69, 9.17) is 5.73 Å². The number of nitrogens with zero attached hydrogens (tertiary/aromatic N) is 5. The van der Waals surface area contributed by atoms with Gasteiger partial charge >= 0.3 is 6.18 Å². The first-order valence-electron chi connectivity index (χ1n) is 11.4. The van der Waals surface area contributed by atoms with Gasteiger partial charge in [0, 0.05) is 26.3 Å². The number of nitrogen functional groups attached to an aromatic ring is 1. The molecular weight excluding hydrogens is 478 g/mol. The van der Waals surface area contributed by atoms with Crippen LogP contribution in [0.25, 0.3) is 11.0 Å². The first kappa shape index (κ1) is 25.4. The van der Waals surface area contributed by atoms with E-state index >= 15 is 0 Å². The molecule has 4 rings (SSSR count). The number of amides is 1. The second-order valence-corrected chi connectivity index (χ2v) is 9.13. The third kappa shape index (κ3) is 5.12. The molecule has 192 valence electrons. The number of fused-ring (bicyclic) bond motifs is 1. The second-order valence-electron chi connectivity index (χ2n) is 9.13. The predicted molar refractivity (Wildman–Crippen MR) is 130 cm³/mol. The summed E-state index contributed by atoms with van der Waals surface area (Å²) >= 11 is 0. The fourth-order valence-corrected chi connectivity index (χ4v) is 4.19. The third-order valence-corrected chi connectivity index (χ3v) is 6.00. The van der Waals surface area contributed by atoms with Crippen molar-refractivity contribution in [1.29, 1.82) is 0 Å². The molecule has 0 saturated carbocycles. The van der Waals surface area contributed by atoms with Gasteiger partial charge in [0.15, 0.2) is 5.65 Å². The number of carbonyl (C=O) groups excluding carboxylic acids is 1. The van der Waals surface area contributed by atoms with Gasteiger partial charge in [-0.3, -0.25) is 4.79 Å². The summed E-state index contributed by atoms with van der Waals surface area (Å²) in [5.74, 6) is 0.685. The van der Waals surface area contributed by atoms with Gasteiger partial charge < -0.3 is 20.9 Å². The van der Waals surface area contributed by atoms with Crippen LogP contribution in [0.1, 0.15) is 46.7 Å². The van der Waals surface area contributed by atoms with E-state index in [1.165, 1.54) is 11.0 Å². The number of halogens is 4. The number of nitrogens with two attached hydrogens (primary N) is 1. The predicted octanol–water partition coefficient (Wildman–Crippen LogP) is 4.36. The minimum atomic E-state index is -4.54. The summed E-state index contributed by atoms with van der Waals surface area (Å²) in [7, 11) is 3.20. The Morgan fingerprint density at radius 2 is 1.92 bits per heavy atom. The van der Waals surface area contributed by atoms with Crippen molar-refractivity contribution >= 4 is 34.3 Å². The average molecular weight is 506 g/mol. The van der Waals surface area contributed by atoms with E-state index in [9.17, 15) is 22.4 Å². The van der Waals surface area contributed by atoms with Crippen molar-refractivity contribution in [2.45, 2.75) is 38.7 Å². The first-order chi connectivity index (χ1) is 16.8.